The molecule has 1 atom stereocenters. The summed E-state index contributed by atoms with van der Waals surface area (Å²) in [6, 6.07) is 14.6. The molecule has 0 aliphatic carbocycles. The van der Waals surface area contributed by atoms with E-state index in [0.717, 1.165) is 35.4 Å². The Morgan fingerprint density at radius 3 is 2.57 bits per heavy atom. The fraction of sp³-hybridized carbons (Fsp3) is 0.294. The maximum absolute atomic E-state index is 6.46. The Morgan fingerprint density at radius 1 is 1.10 bits per heavy atom. The lowest BCUT2D eigenvalue weighted by atomic mass is 10.0. The highest BCUT2D eigenvalue weighted by Crippen LogP contribution is 2.34. The minimum absolute atomic E-state index is 0.274. The molecular weight excluding hydrogens is 303 g/mol. The van der Waals surface area contributed by atoms with Gasteiger partial charge in [0.2, 0.25) is 0 Å². The third-order valence-electron chi connectivity index (χ3n) is 3.91. The van der Waals surface area contributed by atoms with Crippen LogP contribution in [-0.4, -0.2) is 19.6 Å². The second kappa shape index (κ2) is 6.27. The van der Waals surface area contributed by atoms with Gasteiger partial charge in [-0.2, -0.15) is 0 Å². The zero-order valence-electron chi connectivity index (χ0n) is 11.9. The molecule has 1 aliphatic rings. The number of halogens is 2. The van der Waals surface area contributed by atoms with E-state index in [1.165, 1.54) is 11.1 Å². The van der Waals surface area contributed by atoms with E-state index in [0.29, 0.717) is 0 Å². The molecule has 0 saturated carbocycles. The molecule has 0 aromatic heterocycles. The summed E-state index contributed by atoms with van der Waals surface area (Å²) < 4.78 is 0. The van der Waals surface area contributed by atoms with E-state index in [4.69, 9.17) is 23.2 Å². The minimum Gasteiger partial charge on any atom is -0.361 e. The third kappa shape index (κ3) is 3.18. The Labute approximate surface area is 135 Å². The second-order valence-corrected chi connectivity index (χ2v) is 6.26. The first-order chi connectivity index (χ1) is 10.1. The molecule has 1 heterocycles. The number of nitrogens with one attached hydrogen (secondary N) is 1. The van der Waals surface area contributed by atoms with Crippen LogP contribution in [0.2, 0.25) is 10.0 Å². The quantitative estimate of drug-likeness (QED) is 0.879. The molecule has 110 valence electrons. The highest BCUT2D eigenvalue weighted by molar-refractivity contribution is 6.33. The average molecular weight is 321 g/mol. The molecule has 0 radical (unpaired) electrons. The van der Waals surface area contributed by atoms with E-state index in [9.17, 15) is 0 Å². The van der Waals surface area contributed by atoms with Gasteiger partial charge in [-0.3, -0.25) is 0 Å². The van der Waals surface area contributed by atoms with E-state index in [1.807, 2.05) is 18.2 Å². The largest absolute Gasteiger partial charge is 0.361 e. The molecule has 0 amide bonds. The fourth-order valence-electron chi connectivity index (χ4n) is 2.82. The first-order valence-electron chi connectivity index (χ1n) is 7.14. The lowest BCUT2D eigenvalue weighted by molar-refractivity contribution is 0.490. The molecular formula is C17H18Cl2N2. The highest BCUT2D eigenvalue weighted by Gasteiger charge is 2.25. The minimum atomic E-state index is 0.274. The predicted octanol–water partition coefficient (Wildman–Crippen LogP) is 4.45. The molecule has 0 spiro atoms. The molecule has 21 heavy (non-hydrogen) atoms. The number of anilines is 1. The standard InChI is InChI=1S/C17H18Cl2N2/c1-12-2-7-16(15(19)10-12)21-9-8-20-11-17(21)13-3-5-14(18)6-4-13/h2-7,10,17,20H,8-9,11H2,1H3/t17-/m0/s1. The van der Waals surface area contributed by atoms with E-state index < -0.39 is 0 Å². The van der Waals surface area contributed by atoms with Gasteiger partial charge in [0.05, 0.1) is 16.8 Å². The van der Waals surface area contributed by atoms with Crippen LogP contribution in [0, 0.1) is 6.92 Å². The molecule has 2 nitrogen and oxygen atoms in total. The molecule has 1 saturated heterocycles. The van der Waals surface area contributed by atoms with E-state index in [1.54, 1.807) is 0 Å². The highest BCUT2D eigenvalue weighted by atomic mass is 35.5. The first-order valence-corrected chi connectivity index (χ1v) is 7.90. The van der Waals surface area contributed by atoms with Crippen molar-refractivity contribution in [2.45, 2.75) is 13.0 Å². The zero-order valence-corrected chi connectivity index (χ0v) is 13.5. The Kier molecular flexibility index (Phi) is 4.39. The molecule has 3 rings (SSSR count). The van der Waals surface area contributed by atoms with Gasteiger partial charge in [-0.25, -0.2) is 0 Å². The fourth-order valence-corrected chi connectivity index (χ4v) is 3.29. The van der Waals surface area contributed by atoms with Gasteiger partial charge in [0.25, 0.3) is 0 Å². The summed E-state index contributed by atoms with van der Waals surface area (Å²) >= 11 is 12.5. The van der Waals surface area contributed by atoms with Crippen molar-refractivity contribution in [3.63, 3.8) is 0 Å². The van der Waals surface area contributed by atoms with Crippen LogP contribution in [-0.2, 0) is 0 Å². The Balaban J connectivity index is 1.96. The summed E-state index contributed by atoms with van der Waals surface area (Å²) in [6.07, 6.45) is 0. The molecule has 1 fully saturated rings. The van der Waals surface area contributed by atoms with Crippen molar-refractivity contribution in [2.24, 2.45) is 0 Å². The predicted molar refractivity (Wildman–Crippen MR) is 90.6 cm³/mol. The van der Waals surface area contributed by atoms with Gasteiger partial charge in [0.15, 0.2) is 0 Å². The maximum atomic E-state index is 6.46. The van der Waals surface area contributed by atoms with Crippen LogP contribution in [0.1, 0.15) is 17.2 Å². The lowest BCUT2D eigenvalue weighted by Crippen LogP contribution is -2.46. The smallest absolute Gasteiger partial charge is 0.0668 e. The van der Waals surface area contributed by atoms with Crippen LogP contribution in [0.4, 0.5) is 5.69 Å². The van der Waals surface area contributed by atoms with Crippen LogP contribution in [0.25, 0.3) is 0 Å². The Morgan fingerprint density at radius 2 is 1.86 bits per heavy atom. The third-order valence-corrected chi connectivity index (χ3v) is 4.47. The van der Waals surface area contributed by atoms with Crippen molar-refractivity contribution in [2.75, 3.05) is 24.5 Å². The van der Waals surface area contributed by atoms with E-state index in [2.05, 4.69) is 41.4 Å². The van der Waals surface area contributed by atoms with Crippen LogP contribution in [0.3, 0.4) is 0 Å². The van der Waals surface area contributed by atoms with Gasteiger partial charge in [-0.1, -0.05) is 41.4 Å². The van der Waals surface area contributed by atoms with Gasteiger partial charge >= 0.3 is 0 Å². The van der Waals surface area contributed by atoms with E-state index in [-0.39, 0.29) is 6.04 Å². The summed E-state index contributed by atoms with van der Waals surface area (Å²) in [4.78, 5) is 2.38. The van der Waals surface area contributed by atoms with Crippen molar-refractivity contribution in [3.05, 3.63) is 63.6 Å². The number of aryl methyl sites for hydroxylation is 1. The number of hydrogen-bond acceptors (Lipinski definition) is 2. The van der Waals surface area contributed by atoms with Crippen molar-refractivity contribution < 1.29 is 0 Å². The Hall–Kier alpha value is -1.22. The maximum Gasteiger partial charge on any atom is 0.0668 e. The number of piperazine rings is 1. The zero-order chi connectivity index (χ0) is 14.8. The van der Waals surface area contributed by atoms with Crippen molar-refractivity contribution in [1.82, 2.24) is 5.32 Å². The van der Waals surface area contributed by atoms with Gasteiger partial charge in [0, 0.05) is 24.7 Å². The SMILES string of the molecule is Cc1ccc(N2CCNC[C@H]2c2ccc(Cl)cc2)c(Cl)c1. The number of benzene rings is 2. The van der Waals surface area contributed by atoms with Crippen LogP contribution in [0.5, 0.6) is 0 Å². The van der Waals surface area contributed by atoms with Gasteiger partial charge in [-0.15, -0.1) is 0 Å². The normalized spacial score (nSPS) is 18.8. The van der Waals surface area contributed by atoms with Gasteiger partial charge in [0.1, 0.15) is 0 Å². The molecule has 1 N–H and O–H groups in total. The summed E-state index contributed by atoms with van der Waals surface area (Å²) in [5, 5.41) is 5.04. The Bertz CT molecular complexity index is 625. The number of hydrogen-bond donors (Lipinski definition) is 1. The summed E-state index contributed by atoms with van der Waals surface area (Å²) in [5.74, 6) is 0. The first kappa shape index (κ1) is 14.7. The summed E-state index contributed by atoms with van der Waals surface area (Å²) in [6.45, 7) is 4.88. The molecule has 2 aromatic rings. The second-order valence-electron chi connectivity index (χ2n) is 5.42. The molecule has 2 aromatic carbocycles. The monoisotopic (exact) mass is 320 g/mol. The summed E-state index contributed by atoms with van der Waals surface area (Å²) in [5.41, 5.74) is 3.54. The average Bonchev–Trinajstić information content (AvgIpc) is 2.48. The van der Waals surface area contributed by atoms with Gasteiger partial charge < -0.3 is 10.2 Å². The van der Waals surface area contributed by atoms with Crippen molar-refractivity contribution in [3.8, 4) is 0 Å². The van der Waals surface area contributed by atoms with Crippen molar-refractivity contribution >= 4 is 28.9 Å². The van der Waals surface area contributed by atoms with Crippen molar-refractivity contribution in [1.29, 1.82) is 0 Å². The molecule has 1 aliphatic heterocycles. The number of nitrogens with zero attached hydrogens (tertiary/aromatic N) is 1. The summed E-state index contributed by atoms with van der Waals surface area (Å²) in [7, 11) is 0. The van der Waals surface area contributed by atoms with Gasteiger partial charge in [-0.05, 0) is 42.3 Å². The molecule has 0 unspecified atom stereocenters. The molecule has 0 bridgehead atoms. The molecule has 4 heteroatoms. The topological polar surface area (TPSA) is 15.3 Å². The van der Waals surface area contributed by atoms with E-state index >= 15 is 0 Å². The van der Waals surface area contributed by atoms with Crippen LogP contribution in [0.15, 0.2) is 42.5 Å². The van der Waals surface area contributed by atoms with Crippen LogP contribution < -0.4 is 10.2 Å². The number of rotatable bonds is 2. The lowest BCUT2D eigenvalue weighted by Gasteiger charge is -2.39. The van der Waals surface area contributed by atoms with Crippen LogP contribution >= 0.6 is 23.2 Å².